The molecule has 0 N–H and O–H groups in total. The zero-order valence-electron chi connectivity index (χ0n) is 26.8. The first-order chi connectivity index (χ1) is 18.7. The average molecular weight is 475 g/mol. The van der Waals surface area contributed by atoms with Crippen LogP contribution in [0, 0.1) is 0 Å². The first-order valence-electron chi connectivity index (χ1n) is 14.1. The average Bonchev–Trinajstić information content (AvgIpc) is 3.24. The number of likely N-dealkylation sites (N-methyl/N-ethyl adjacent to an activating group) is 1. The summed E-state index contributed by atoms with van der Waals surface area (Å²) in [5, 5.41) is 0. The molecule has 182 valence electrons. The number of allylic oxidation sites excluding steroid dienone is 8. The molecule has 2 aliphatic rings. The highest BCUT2D eigenvalue weighted by molar-refractivity contribution is 6.03. The summed E-state index contributed by atoms with van der Waals surface area (Å²) in [6.07, 6.45) is 3.16. The van der Waals surface area contributed by atoms with Crippen molar-refractivity contribution in [3.05, 3.63) is 95.6 Å². The molecule has 0 unspecified atom stereocenters. The van der Waals surface area contributed by atoms with Crippen molar-refractivity contribution >= 4 is 17.1 Å². The molecular formula is C31H37N2O2+. The molecule has 35 heavy (non-hydrogen) atoms. The number of rotatable bonds is 6. The van der Waals surface area contributed by atoms with Gasteiger partial charge in [0.1, 0.15) is 18.5 Å². The van der Waals surface area contributed by atoms with E-state index in [0.717, 1.165) is 45.4 Å². The Morgan fingerprint density at radius 2 is 1.43 bits per heavy atom. The molecule has 2 aromatic carbocycles. The van der Waals surface area contributed by atoms with E-state index < -0.39 is 29.0 Å². The van der Waals surface area contributed by atoms with Crippen LogP contribution in [-0.4, -0.2) is 38.6 Å². The van der Waals surface area contributed by atoms with E-state index in [4.69, 9.17) is 16.3 Å². The molecule has 0 fully saturated rings. The van der Waals surface area contributed by atoms with Crippen molar-refractivity contribution in [2.75, 3.05) is 33.2 Å². The Bertz CT molecular complexity index is 1550. The Morgan fingerprint density at radius 3 is 2.11 bits per heavy atom. The van der Waals surface area contributed by atoms with E-state index in [-0.39, 0.29) is 12.1 Å². The van der Waals surface area contributed by atoms with Crippen LogP contribution in [0.25, 0.3) is 0 Å². The largest absolute Gasteiger partial charge is 0.497 e. The summed E-state index contributed by atoms with van der Waals surface area (Å²) in [4.78, 5) is 1.97. The normalized spacial score (nSPS) is 22.9. The van der Waals surface area contributed by atoms with Gasteiger partial charge in [0.2, 0.25) is 5.69 Å². The van der Waals surface area contributed by atoms with Gasteiger partial charge in [0, 0.05) is 41.6 Å². The number of methoxy groups -OCH3 is 2. The Morgan fingerprint density at radius 1 is 0.829 bits per heavy atom. The number of fused-ring (bicyclic) bond motifs is 2. The lowest BCUT2D eigenvalue weighted by Crippen LogP contribution is -2.26. The van der Waals surface area contributed by atoms with Gasteiger partial charge in [0.05, 0.1) is 26.5 Å². The van der Waals surface area contributed by atoms with Crippen LogP contribution in [0.1, 0.15) is 45.7 Å². The zero-order valence-corrected chi connectivity index (χ0v) is 21.8. The van der Waals surface area contributed by atoms with Crippen LogP contribution < -0.4 is 14.4 Å². The number of benzene rings is 2. The monoisotopic (exact) mass is 474 g/mol. The lowest BCUT2D eigenvalue weighted by molar-refractivity contribution is -0.401. The van der Waals surface area contributed by atoms with Crippen LogP contribution in [0.4, 0.5) is 11.4 Å². The second-order valence-corrected chi connectivity index (χ2v) is 9.86. The van der Waals surface area contributed by atoms with Crippen molar-refractivity contribution in [2.45, 2.75) is 38.5 Å². The Kier molecular flexibility index (Phi) is 4.96. The molecule has 0 atom stereocenters. The van der Waals surface area contributed by atoms with Crippen LogP contribution in [-0.2, 0) is 10.8 Å². The van der Waals surface area contributed by atoms with Crippen molar-refractivity contribution < 1.29 is 20.9 Å². The summed E-state index contributed by atoms with van der Waals surface area (Å²) in [6, 6.07) is 9.98. The molecule has 2 heterocycles. The number of hydrogen-bond donors (Lipinski definition) is 0. The van der Waals surface area contributed by atoms with Gasteiger partial charge >= 0.3 is 0 Å². The molecule has 0 aliphatic carbocycles. The number of nitrogens with zero attached hydrogens (tertiary/aromatic N) is 2. The summed E-state index contributed by atoms with van der Waals surface area (Å²) in [6.45, 7) is 8.17. The van der Waals surface area contributed by atoms with Gasteiger partial charge in [-0.2, -0.15) is 4.58 Å². The van der Waals surface area contributed by atoms with E-state index in [1.807, 2.05) is 87.7 Å². The third kappa shape index (κ3) is 4.22. The highest BCUT2D eigenvalue weighted by Gasteiger charge is 2.43. The first kappa shape index (κ1) is 18.8. The van der Waals surface area contributed by atoms with E-state index in [2.05, 4.69) is 0 Å². The molecule has 2 aromatic rings. The highest BCUT2D eigenvalue weighted by atomic mass is 16.5. The second-order valence-electron chi connectivity index (χ2n) is 9.86. The van der Waals surface area contributed by atoms with Gasteiger partial charge in [-0.25, -0.2) is 0 Å². The standard InChI is InChI=1S/C31H37N2O2/c1-30(2)24-20-22(34-7)16-18-26(24)32(5)28(30)14-12-10-9-11-13-15-29-31(3,4)25-21-23(35-8)17-19-27(25)33(29)6/h9-21H,1-8H3/q+1/i9D,10D,11D,12D,13D. The molecule has 4 nitrogen and oxygen atoms in total. The van der Waals surface area contributed by atoms with E-state index in [9.17, 15) is 0 Å². The third-order valence-corrected chi connectivity index (χ3v) is 7.17. The van der Waals surface area contributed by atoms with Crippen molar-refractivity contribution in [1.29, 1.82) is 0 Å². The molecule has 4 rings (SSSR count). The van der Waals surface area contributed by atoms with Gasteiger partial charge in [-0.3, -0.25) is 0 Å². The SMILES string of the molecule is [2H]C(=CC1=[N+](C)c2ccc(OC)cc2C1(C)C)C([2H])=C([2H])C([2H])=C([2H])C=C1N(C)c2ccc(OC)cc2C1(C)C. The summed E-state index contributed by atoms with van der Waals surface area (Å²) in [5.41, 5.74) is 4.71. The van der Waals surface area contributed by atoms with Gasteiger partial charge in [0.15, 0.2) is 5.71 Å². The van der Waals surface area contributed by atoms with E-state index in [1.54, 1.807) is 26.4 Å². The van der Waals surface area contributed by atoms with Crippen LogP contribution in [0.3, 0.4) is 0 Å². The Hall–Kier alpha value is -3.53. The molecule has 2 aliphatic heterocycles. The second kappa shape index (κ2) is 9.26. The Labute approximate surface area is 217 Å². The summed E-state index contributed by atoms with van der Waals surface area (Å²) < 4.78 is 55.6. The topological polar surface area (TPSA) is 24.7 Å². The first-order valence-corrected chi connectivity index (χ1v) is 11.6. The Balaban J connectivity index is 1.70. The minimum absolute atomic E-state index is 0.192. The van der Waals surface area contributed by atoms with Crippen molar-refractivity contribution in [2.24, 2.45) is 0 Å². The number of anilines is 1. The van der Waals surface area contributed by atoms with Crippen LogP contribution in [0.2, 0.25) is 0 Å². The molecular weight excluding hydrogens is 432 g/mol. The molecule has 0 saturated carbocycles. The van der Waals surface area contributed by atoms with Crippen LogP contribution in [0.5, 0.6) is 11.5 Å². The summed E-state index contributed by atoms with van der Waals surface area (Å²) in [5.74, 6) is 1.48. The molecule has 0 spiro atoms. The van der Waals surface area contributed by atoms with Gasteiger partial charge < -0.3 is 14.4 Å². The lowest BCUT2D eigenvalue weighted by atomic mass is 9.81. The van der Waals surface area contributed by atoms with Gasteiger partial charge in [-0.1, -0.05) is 44.1 Å². The van der Waals surface area contributed by atoms with E-state index >= 15 is 0 Å². The highest BCUT2D eigenvalue weighted by Crippen LogP contribution is 2.48. The number of ether oxygens (including phenoxy) is 2. The fraction of sp³-hybridized carbons (Fsp3) is 0.323. The quantitative estimate of drug-likeness (QED) is 0.344. The van der Waals surface area contributed by atoms with Crippen LogP contribution in [0.15, 0.2) is 84.5 Å². The smallest absolute Gasteiger partial charge is 0.209 e. The summed E-state index contributed by atoms with van der Waals surface area (Å²) >= 11 is 0. The van der Waals surface area contributed by atoms with Gasteiger partial charge in [-0.15, -0.1) is 0 Å². The van der Waals surface area contributed by atoms with Crippen molar-refractivity contribution in [1.82, 2.24) is 0 Å². The molecule has 0 radical (unpaired) electrons. The van der Waals surface area contributed by atoms with Crippen LogP contribution >= 0.6 is 0 Å². The number of hydrogen-bond acceptors (Lipinski definition) is 3. The zero-order chi connectivity index (χ0) is 29.7. The molecule has 4 heteroatoms. The predicted octanol–water partition coefficient (Wildman–Crippen LogP) is 6.69. The van der Waals surface area contributed by atoms with Gasteiger partial charge in [-0.05, 0) is 55.8 Å². The predicted molar refractivity (Wildman–Crippen MR) is 147 cm³/mol. The summed E-state index contributed by atoms with van der Waals surface area (Å²) in [7, 11) is 7.06. The van der Waals surface area contributed by atoms with E-state index in [1.165, 1.54) is 0 Å². The third-order valence-electron chi connectivity index (χ3n) is 7.17. The van der Waals surface area contributed by atoms with Crippen molar-refractivity contribution in [3.63, 3.8) is 0 Å². The fourth-order valence-electron chi connectivity index (χ4n) is 5.11. The minimum atomic E-state index is -0.473. The molecule has 0 amide bonds. The maximum absolute atomic E-state index is 8.63. The fourth-order valence-corrected chi connectivity index (χ4v) is 5.11. The molecule has 0 saturated heterocycles. The maximum Gasteiger partial charge on any atom is 0.209 e. The van der Waals surface area contributed by atoms with Gasteiger partial charge in [0.25, 0.3) is 0 Å². The van der Waals surface area contributed by atoms with E-state index in [0.29, 0.717) is 0 Å². The molecule has 0 aromatic heterocycles. The maximum atomic E-state index is 8.63. The minimum Gasteiger partial charge on any atom is -0.497 e. The molecule has 0 bridgehead atoms. The lowest BCUT2D eigenvalue weighted by Gasteiger charge is -2.23. The van der Waals surface area contributed by atoms with Crippen molar-refractivity contribution in [3.8, 4) is 11.5 Å².